The van der Waals surface area contributed by atoms with Crippen molar-refractivity contribution in [2.45, 2.75) is 60.0 Å². The molecule has 0 aromatic carbocycles. The van der Waals surface area contributed by atoms with E-state index in [0.29, 0.717) is 11.3 Å². The highest BCUT2D eigenvalue weighted by Gasteiger charge is 2.34. The monoisotopic (exact) mass is 210 g/mol. The third-order valence-electron chi connectivity index (χ3n) is 4.54. The van der Waals surface area contributed by atoms with Crippen molar-refractivity contribution in [3.05, 3.63) is 11.6 Å². The van der Waals surface area contributed by atoms with Crippen LogP contribution in [0.2, 0.25) is 0 Å². The summed E-state index contributed by atoms with van der Waals surface area (Å²) in [5.74, 6) is 1.21. The van der Waals surface area contributed by atoms with Crippen molar-refractivity contribution in [2.24, 2.45) is 17.3 Å². The van der Waals surface area contributed by atoms with Crippen LogP contribution in [-0.2, 0) is 0 Å². The molecule has 1 heteroatoms. The fraction of sp³-hybridized carbons (Fsp3) is 0.857. The Morgan fingerprint density at radius 2 is 2.07 bits per heavy atom. The summed E-state index contributed by atoms with van der Waals surface area (Å²) in [4.78, 5) is 0. The molecule has 0 saturated carbocycles. The van der Waals surface area contributed by atoms with Crippen LogP contribution >= 0.6 is 0 Å². The van der Waals surface area contributed by atoms with Gasteiger partial charge < -0.3 is 5.11 Å². The van der Waals surface area contributed by atoms with Crippen molar-refractivity contribution in [1.82, 2.24) is 0 Å². The van der Waals surface area contributed by atoms with E-state index in [9.17, 15) is 5.11 Å². The minimum atomic E-state index is -0.163. The largest absolute Gasteiger partial charge is 0.393 e. The van der Waals surface area contributed by atoms with Gasteiger partial charge in [-0.2, -0.15) is 0 Å². The molecule has 1 aliphatic carbocycles. The Labute approximate surface area is 94.6 Å². The van der Waals surface area contributed by atoms with Gasteiger partial charge >= 0.3 is 0 Å². The third-order valence-corrected chi connectivity index (χ3v) is 4.54. The number of hydrogen-bond donors (Lipinski definition) is 1. The fourth-order valence-corrected chi connectivity index (χ4v) is 2.38. The molecule has 0 saturated heterocycles. The van der Waals surface area contributed by atoms with Crippen LogP contribution in [0.4, 0.5) is 0 Å². The van der Waals surface area contributed by atoms with Gasteiger partial charge in [0.15, 0.2) is 0 Å². The molecule has 3 atom stereocenters. The van der Waals surface area contributed by atoms with Crippen molar-refractivity contribution < 1.29 is 5.11 Å². The van der Waals surface area contributed by atoms with Gasteiger partial charge in [-0.3, -0.25) is 0 Å². The summed E-state index contributed by atoms with van der Waals surface area (Å²) in [6.07, 6.45) is 5.84. The highest BCUT2D eigenvalue weighted by molar-refractivity contribution is 5.18. The lowest BCUT2D eigenvalue weighted by Crippen LogP contribution is -2.22. The average Bonchev–Trinajstić information content (AvgIpc) is 2.39. The standard InChI is InChI=1S/C14H26O/c1-10(12(3)15)6-8-13-9-7-11(2)14(13,4)5/h7,10,12-13,15H,6,8-9H2,1-5H3/t10?,12?,13-/m1/s1. The van der Waals surface area contributed by atoms with Gasteiger partial charge in [-0.25, -0.2) is 0 Å². The van der Waals surface area contributed by atoms with Crippen LogP contribution in [0.25, 0.3) is 0 Å². The Balaban J connectivity index is 2.42. The number of aliphatic hydroxyl groups is 1. The molecule has 0 spiro atoms. The molecule has 88 valence electrons. The van der Waals surface area contributed by atoms with E-state index in [1.807, 2.05) is 6.92 Å². The van der Waals surface area contributed by atoms with Gasteiger partial charge in [0, 0.05) is 0 Å². The molecule has 1 aliphatic rings. The maximum Gasteiger partial charge on any atom is 0.0537 e. The van der Waals surface area contributed by atoms with E-state index in [-0.39, 0.29) is 6.10 Å². The topological polar surface area (TPSA) is 20.2 Å². The van der Waals surface area contributed by atoms with E-state index in [1.54, 1.807) is 0 Å². The van der Waals surface area contributed by atoms with E-state index in [2.05, 4.69) is 33.8 Å². The molecule has 0 radical (unpaired) electrons. The van der Waals surface area contributed by atoms with Crippen molar-refractivity contribution >= 4 is 0 Å². The van der Waals surface area contributed by atoms with Crippen LogP contribution in [0, 0.1) is 17.3 Å². The second-order valence-electron chi connectivity index (χ2n) is 5.84. The van der Waals surface area contributed by atoms with E-state index in [4.69, 9.17) is 0 Å². The second kappa shape index (κ2) is 4.69. The summed E-state index contributed by atoms with van der Waals surface area (Å²) >= 11 is 0. The first kappa shape index (κ1) is 12.8. The second-order valence-corrected chi connectivity index (χ2v) is 5.84. The summed E-state index contributed by atoms with van der Waals surface area (Å²) in [6, 6.07) is 0. The first-order valence-electron chi connectivity index (χ1n) is 6.21. The molecule has 0 aliphatic heterocycles. The van der Waals surface area contributed by atoms with Gasteiger partial charge in [-0.05, 0) is 50.4 Å². The number of allylic oxidation sites excluding steroid dienone is 2. The number of rotatable bonds is 4. The normalized spacial score (nSPS) is 28.7. The average molecular weight is 210 g/mol. The summed E-state index contributed by atoms with van der Waals surface area (Å²) in [5, 5.41) is 9.46. The Morgan fingerprint density at radius 3 is 2.47 bits per heavy atom. The lowest BCUT2D eigenvalue weighted by atomic mass is 9.74. The van der Waals surface area contributed by atoms with Gasteiger partial charge in [0.1, 0.15) is 0 Å². The fourth-order valence-electron chi connectivity index (χ4n) is 2.38. The predicted octanol–water partition coefficient (Wildman–Crippen LogP) is 3.78. The number of aliphatic hydroxyl groups excluding tert-OH is 1. The summed E-state index contributed by atoms with van der Waals surface area (Å²) in [7, 11) is 0. The molecule has 1 N–H and O–H groups in total. The van der Waals surface area contributed by atoms with E-state index >= 15 is 0 Å². The zero-order valence-electron chi connectivity index (χ0n) is 10.9. The van der Waals surface area contributed by atoms with Gasteiger partial charge in [-0.1, -0.05) is 32.4 Å². The van der Waals surface area contributed by atoms with Crippen LogP contribution < -0.4 is 0 Å². The summed E-state index contributed by atoms with van der Waals surface area (Å²) < 4.78 is 0. The predicted molar refractivity (Wildman–Crippen MR) is 65.7 cm³/mol. The lowest BCUT2D eigenvalue weighted by molar-refractivity contribution is 0.120. The molecule has 0 heterocycles. The Bertz CT molecular complexity index is 238. The van der Waals surface area contributed by atoms with Crippen LogP contribution in [0.1, 0.15) is 53.9 Å². The van der Waals surface area contributed by atoms with Gasteiger partial charge in [0.25, 0.3) is 0 Å². The van der Waals surface area contributed by atoms with E-state index in [0.717, 1.165) is 12.3 Å². The van der Waals surface area contributed by atoms with Crippen LogP contribution in [0.3, 0.4) is 0 Å². The first-order chi connectivity index (χ1) is 6.85. The summed E-state index contributed by atoms with van der Waals surface area (Å²) in [5.41, 5.74) is 1.91. The molecule has 15 heavy (non-hydrogen) atoms. The van der Waals surface area contributed by atoms with Crippen molar-refractivity contribution in [2.75, 3.05) is 0 Å². The maximum absolute atomic E-state index is 9.46. The minimum Gasteiger partial charge on any atom is -0.393 e. The zero-order chi connectivity index (χ0) is 11.6. The molecule has 1 nitrogen and oxygen atoms in total. The molecule has 0 aromatic heterocycles. The Hall–Kier alpha value is -0.300. The molecular weight excluding hydrogens is 184 g/mol. The van der Waals surface area contributed by atoms with E-state index < -0.39 is 0 Å². The van der Waals surface area contributed by atoms with Gasteiger partial charge in [-0.15, -0.1) is 0 Å². The lowest BCUT2D eigenvalue weighted by Gasteiger charge is -2.30. The van der Waals surface area contributed by atoms with Crippen LogP contribution in [0.5, 0.6) is 0 Å². The van der Waals surface area contributed by atoms with Crippen molar-refractivity contribution in [3.8, 4) is 0 Å². The minimum absolute atomic E-state index is 0.163. The highest BCUT2D eigenvalue weighted by atomic mass is 16.3. The molecular formula is C14H26O. The first-order valence-corrected chi connectivity index (χ1v) is 6.21. The molecule has 0 bridgehead atoms. The molecule has 2 unspecified atom stereocenters. The third kappa shape index (κ3) is 2.84. The smallest absolute Gasteiger partial charge is 0.0537 e. The van der Waals surface area contributed by atoms with Gasteiger partial charge in [0.05, 0.1) is 6.10 Å². The number of hydrogen-bond acceptors (Lipinski definition) is 1. The zero-order valence-corrected chi connectivity index (χ0v) is 10.9. The van der Waals surface area contributed by atoms with E-state index in [1.165, 1.54) is 18.4 Å². The Kier molecular flexibility index (Phi) is 3.99. The van der Waals surface area contributed by atoms with Crippen molar-refractivity contribution in [3.63, 3.8) is 0 Å². The highest BCUT2D eigenvalue weighted by Crippen LogP contribution is 2.45. The van der Waals surface area contributed by atoms with Crippen LogP contribution in [-0.4, -0.2) is 11.2 Å². The maximum atomic E-state index is 9.46. The molecule has 0 fully saturated rings. The molecule has 0 amide bonds. The van der Waals surface area contributed by atoms with Gasteiger partial charge in [0.2, 0.25) is 0 Å². The quantitative estimate of drug-likeness (QED) is 0.700. The Morgan fingerprint density at radius 1 is 1.47 bits per heavy atom. The molecule has 0 aromatic rings. The van der Waals surface area contributed by atoms with Crippen LogP contribution in [0.15, 0.2) is 11.6 Å². The SMILES string of the molecule is CC1=CC[C@@H](CCC(C)C(C)O)C1(C)C. The summed E-state index contributed by atoms with van der Waals surface area (Å²) in [6.45, 7) is 11.0. The van der Waals surface area contributed by atoms with Crippen molar-refractivity contribution in [1.29, 1.82) is 0 Å². The molecule has 1 rings (SSSR count).